The molecule has 45 heavy (non-hydrogen) atoms. The number of aliphatic imine (C=N–C) groups is 1. The second-order valence-corrected chi connectivity index (χ2v) is 15.1. The average molecular weight is 662 g/mol. The number of hydrogen-bond acceptors (Lipinski definition) is 10. The van der Waals surface area contributed by atoms with Gasteiger partial charge in [-0.1, -0.05) is 0 Å². The maximum atomic E-state index is 15.6. The molecule has 18 heteroatoms. The lowest BCUT2D eigenvalue weighted by Gasteiger charge is -2.49. The first-order valence-electron chi connectivity index (χ1n) is 13.6. The summed E-state index contributed by atoms with van der Waals surface area (Å²) in [6.07, 6.45) is -2.80. The Morgan fingerprint density at radius 3 is 2.40 bits per heavy atom. The van der Waals surface area contributed by atoms with E-state index < -0.39 is 86.3 Å². The number of amides is 2. The summed E-state index contributed by atoms with van der Waals surface area (Å²) in [5.41, 5.74) is -3.85. The minimum absolute atomic E-state index is 0.241. The highest BCUT2D eigenvalue weighted by Crippen LogP contribution is 2.50. The van der Waals surface area contributed by atoms with Crippen molar-refractivity contribution in [1.82, 2.24) is 20.3 Å². The van der Waals surface area contributed by atoms with Crippen molar-refractivity contribution in [1.29, 1.82) is 0 Å². The van der Waals surface area contributed by atoms with Crippen LogP contribution in [-0.4, -0.2) is 78.1 Å². The average Bonchev–Trinajstić information content (AvgIpc) is 2.92. The fourth-order valence-electron chi connectivity index (χ4n) is 4.82. The molecule has 0 radical (unpaired) electrons. The van der Waals surface area contributed by atoms with Gasteiger partial charge in [0.05, 0.1) is 27.4 Å². The molecule has 0 aromatic carbocycles. The van der Waals surface area contributed by atoms with Crippen LogP contribution < -0.4 is 15.4 Å². The second-order valence-electron chi connectivity index (χ2n) is 12.1. The van der Waals surface area contributed by atoms with Crippen LogP contribution in [-0.2, 0) is 20.0 Å². The quantitative estimate of drug-likeness (QED) is 0.422. The minimum Gasteiger partial charge on any atom is -0.470 e. The van der Waals surface area contributed by atoms with Crippen LogP contribution >= 0.6 is 0 Å². The predicted molar refractivity (Wildman–Crippen MR) is 153 cm³/mol. The molecule has 0 bridgehead atoms. The first-order chi connectivity index (χ1) is 20.7. The van der Waals surface area contributed by atoms with Crippen molar-refractivity contribution in [3.8, 4) is 5.88 Å². The largest absolute Gasteiger partial charge is 0.470 e. The van der Waals surface area contributed by atoms with Crippen LogP contribution in [0.5, 0.6) is 5.88 Å². The van der Waals surface area contributed by atoms with E-state index in [9.17, 15) is 31.4 Å². The molecule has 4 heterocycles. The number of pyridine rings is 1. The van der Waals surface area contributed by atoms with E-state index in [-0.39, 0.29) is 23.2 Å². The van der Waals surface area contributed by atoms with Gasteiger partial charge in [0.15, 0.2) is 6.61 Å². The Morgan fingerprint density at radius 2 is 1.80 bits per heavy atom. The Bertz CT molecular complexity index is 1640. The number of nitrogens with one attached hydrogen (secondary N) is 2. The maximum Gasteiger partial charge on any atom is 0.413 e. The minimum atomic E-state index is -3.71. The number of ether oxygens (including phenoxy) is 2. The Kier molecular flexibility index (Phi) is 8.86. The fraction of sp³-hybridized carbons (Fsp3) is 0.556. The molecule has 4 rings (SSSR count). The molecular weight excluding hydrogens is 629 g/mol. The summed E-state index contributed by atoms with van der Waals surface area (Å²) >= 11 is 0. The number of fused-ring (bicyclic) bond motifs is 1. The van der Waals surface area contributed by atoms with Crippen molar-refractivity contribution >= 4 is 33.4 Å². The standard InChI is InChI=1S/C27H32F5N7O5S/c1-24(2,3)44-23(41)38-22-25(4,5)45(42)16(9-27(31,32)13-35-45)26(6,39-22)20-14(28)7-8-18(36-20)37-21(40)15-10-34-19(11-33-15)43-12-17(29)30/h7-8,10-11,16-17H,9,12-13H2,1-6H3,(H,36,37,40)(H,38,39,41)/t16-,26+,45-/m1/s1. The van der Waals surface area contributed by atoms with Crippen LogP contribution in [0.25, 0.3) is 0 Å². The van der Waals surface area contributed by atoms with Crippen molar-refractivity contribution in [3.63, 3.8) is 0 Å². The Hall–Kier alpha value is -3.96. The Labute approximate surface area is 255 Å². The third-order valence-electron chi connectivity index (χ3n) is 7.03. The second kappa shape index (κ2) is 11.8. The van der Waals surface area contributed by atoms with Gasteiger partial charge >= 0.3 is 6.09 Å². The number of amidine groups is 1. The van der Waals surface area contributed by atoms with Crippen LogP contribution in [0.15, 0.2) is 33.9 Å². The smallest absolute Gasteiger partial charge is 0.413 e. The van der Waals surface area contributed by atoms with Gasteiger partial charge in [-0.2, -0.15) is 0 Å². The monoisotopic (exact) mass is 661 g/mol. The number of hydrogen-bond donors (Lipinski definition) is 2. The van der Waals surface area contributed by atoms with Gasteiger partial charge in [0.25, 0.3) is 18.3 Å². The number of halogens is 5. The fourth-order valence-corrected chi connectivity index (χ4v) is 8.05. The van der Waals surface area contributed by atoms with Crippen LogP contribution in [0.2, 0.25) is 0 Å². The lowest BCUT2D eigenvalue weighted by Crippen LogP contribution is -2.64. The van der Waals surface area contributed by atoms with E-state index in [0.717, 1.165) is 24.5 Å². The van der Waals surface area contributed by atoms with E-state index in [2.05, 4.69) is 34.9 Å². The van der Waals surface area contributed by atoms with E-state index in [1.165, 1.54) is 20.8 Å². The van der Waals surface area contributed by atoms with Crippen molar-refractivity contribution in [2.45, 2.75) is 81.4 Å². The van der Waals surface area contributed by atoms with Crippen LogP contribution in [0.4, 0.5) is 32.6 Å². The summed E-state index contributed by atoms with van der Waals surface area (Å²) in [7, 11) is -3.71. The molecule has 2 amide bonds. The third kappa shape index (κ3) is 6.99. The van der Waals surface area contributed by atoms with Crippen LogP contribution in [0, 0.1) is 5.82 Å². The lowest BCUT2D eigenvalue weighted by molar-refractivity contribution is -0.00695. The predicted octanol–water partition coefficient (Wildman–Crippen LogP) is 4.71. The molecule has 12 nitrogen and oxygen atoms in total. The lowest BCUT2D eigenvalue weighted by atomic mass is 9.88. The van der Waals surface area contributed by atoms with Gasteiger partial charge in [-0.3, -0.25) is 15.1 Å². The Morgan fingerprint density at radius 1 is 1.11 bits per heavy atom. The molecule has 0 saturated carbocycles. The first-order valence-corrected chi connectivity index (χ1v) is 15.2. The van der Waals surface area contributed by atoms with E-state index in [1.54, 1.807) is 20.8 Å². The normalized spacial score (nSPS) is 25.3. The molecule has 0 spiro atoms. The summed E-state index contributed by atoms with van der Waals surface area (Å²) in [6, 6.07) is 1.99. The van der Waals surface area contributed by atoms with Crippen molar-refractivity contribution in [2.75, 3.05) is 18.5 Å². The number of carbonyl (C=O) groups is 2. The highest BCUT2D eigenvalue weighted by Gasteiger charge is 2.61. The first kappa shape index (κ1) is 33.9. The molecule has 2 aromatic heterocycles. The Balaban J connectivity index is 1.76. The molecule has 0 fully saturated rings. The highest BCUT2D eigenvalue weighted by atomic mass is 32.2. The number of nitrogens with zero attached hydrogens (tertiary/aromatic N) is 5. The van der Waals surface area contributed by atoms with Gasteiger partial charge in [-0.25, -0.2) is 50.3 Å². The van der Waals surface area contributed by atoms with E-state index in [1.807, 2.05) is 0 Å². The van der Waals surface area contributed by atoms with Gasteiger partial charge < -0.3 is 14.8 Å². The highest BCUT2D eigenvalue weighted by molar-refractivity contribution is 7.96. The molecule has 2 N–H and O–H groups in total. The SMILES string of the molecule is CC(C)(C)OC(=O)NC1=N[C@](C)(c2nc(NC(=O)c3cnc(OCC(F)F)cn3)ccc2F)[C@H]2CC(F)(F)CN=[S@]2(=O)C1(C)C. The zero-order valence-corrected chi connectivity index (χ0v) is 26.0. The van der Waals surface area contributed by atoms with Gasteiger partial charge in [-0.15, -0.1) is 0 Å². The zero-order valence-electron chi connectivity index (χ0n) is 25.2. The number of aromatic nitrogens is 3. The molecule has 3 atom stereocenters. The molecule has 2 aliphatic rings. The topological polar surface area (TPSA) is 157 Å². The van der Waals surface area contributed by atoms with Gasteiger partial charge in [0, 0.05) is 6.42 Å². The van der Waals surface area contributed by atoms with E-state index in [0.29, 0.717) is 0 Å². The number of carbonyl (C=O) groups excluding carboxylic acids is 2. The molecule has 0 unspecified atom stereocenters. The summed E-state index contributed by atoms with van der Waals surface area (Å²) < 4.78 is 96.9. The molecular formula is C27H32F5N7O5S. The van der Waals surface area contributed by atoms with Crippen molar-refractivity contribution in [2.24, 2.45) is 9.36 Å². The number of anilines is 1. The van der Waals surface area contributed by atoms with E-state index >= 15 is 4.39 Å². The van der Waals surface area contributed by atoms with E-state index in [4.69, 9.17) is 9.47 Å². The van der Waals surface area contributed by atoms with Crippen LogP contribution in [0.3, 0.4) is 0 Å². The van der Waals surface area contributed by atoms with Gasteiger partial charge in [-0.05, 0) is 53.7 Å². The molecule has 0 saturated heterocycles. The summed E-state index contributed by atoms with van der Waals surface area (Å²) in [6.45, 7) is 6.95. The van der Waals surface area contributed by atoms with Gasteiger partial charge in [0.2, 0.25) is 5.88 Å². The number of alkyl halides is 4. The molecule has 246 valence electrons. The van der Waals surface area contributed by atoms with Crippen LogP contribution in [0.1, 0.15) is 64.1 Å². The third-order valence-corrected chi connectivity index (χ3v) is 10.6. The number of rotatable bonds is 6. The summed E-state index contributed by atoms with van der Waals surface area (Å²) in [4.78, 5) is 41.8. The molecule has 0 aliphatic carbocycles. The summed E-state index contributed by atoms with van der Waals surface area (Å²) in [5, 5.41) is 3.25. The maximum absolute atomic E-state index is 15.6. The van der Waals surface area contributed by atoms with Crippen molar-refractivity contribution in [3.05, 3.63) is 41.7 Å². The molecule has 2 aromatic rings. The zero-order chi connectivity index (χ0) is 33.6. The van der Waals surface area contributed by atoms with Crippen molar-refractivity contribution < 1.29 is 45.2 Å². The number of alkyl carbamates (subject to hydrolysis) is 1. The van der Waals surface area contributed by atoms with Gasteiger partial charge in [0.1, 0.15) is 51.3 Å². The summed E-state index contributed by atoms with van der Waals surface area (Å²) in [5.74, 6) is -6.07. The molecule has 2 aliphatic heterocycles.